The Bertz CT molecular complexity index is 1300. The van der Waals surface area contributed by atoms with Gasteiger partial charge in [-0.05, 0) is 73.4 Å². The van der Waals surface area contributed by atoms with Gasteiger partial charge in [0.2, 0.25) is 0 Å². The number of piperidine rings is 1. The standard InChI is InChI=1S/C27H28N4O2/c1-18-14-22(19-4-7-23(33-3)8-5-19)16-24(29-18)20-10-12-31(13-11-20)27(32)21-6-9-26-25(15-21)28-17-30(26)2/h4-9,14-17,20H,10-13H2,1-3H3. The van der Waals surface area contributed by atoms with Gasteiger partial charge in [0.1, 0.15) is 5.75 Å². The Hall–Kier alpha value is -3.67. The monoisotopic (exact) mass is 440 g/mol. The highest BCUT2D eigenvalue weighted by molar-refractivity contribution is 5.97. The van der Waals surface area contributed by atoms with Crippen molar-refractivity contribution in [2.45, 2.75) is 25.7 Å². The number of benzene rings is 2. The van der Waals surface area contributed by atoms with Crippen molar-refractivity contribution in [1.82, 2.24) is 19.4 Å². The highest BCUT2D eigenvalue weighted by Gasteiger charge is 2.26. The van der Waals surface area contributed by atoms with Crippen molar-refractivity contribution in [3.05, 3.63) is 77.9 Å². The van der Waals surface area contributed by atoms with Gasteiger partial charge < -0.3 is 14.2 Å². The largest absolute Gasteiger partial charge is 0.497 e. The molecule has 4 aromatic rings. The second-order valence-electron chi connectivity index (χ2n) is 8.78. The molecule has 2 aromatic heterocycles. The van der Waals surface area contributed by atoms with Gasteiger partial charge in [-0.2, -0.15) is 0 Å². The third kappa shape index (κ3) is 4.21. The van der Waals surface area contributed by atoms with E-state index in [2.05, 4.69) is 29.2 Å². The molecule has 3 heterocycles. The number of likely N-dealkylation sites (tertiary alicyclic amines) is 1. The molecule has 6 nitrogen and oxygen atoms in total. The number of imidazole rings is 1. The lowest BCUT2D eigenvalue weighted by Crippen LogP contribution is -2.38. The van der Waals surface area contributed by atoms with Gasteiger partial charge in [0, 0.05) is 43.0 Å². The van der Waals surface area contributed by atoms with Crippen LogP contribution in [0.4, 0.5) is 0 Å². The maximum Gasteiger partial charge on any atom is 0.253 e. The van der Waals surface area contributed by atoms with Crippen molar-refractivity contribution in [2.24, 2.45) is 7.05 Å². The number of nitrogens with zero attached hydrogens (tertiary/aromatic N) is 4. The third-order valence-corrected chi connectivity index (χ3v) is 6.57. The molecule has 1 aliphatic heterocycles. The SMILES string of the molecule is COc1ccc(-c2cc(C)nc(C3CCN(C(=O)c4ccc5c(c4)ncn5C)CC3)c2)cc1. The molecule has 0 spiro atoms. The van der Waals surface area contributed by atoms with Crippen molar-refractivity contribution in [1.29, 1.82) is 0 Å². The Morgan fingerprint density at radius 3 is 2.48 bits per heavy atom. The van der Waals surface area contributed by atoms with Gasteiger partial charge in [-0.15, -0.1) is 0 Å². The van der Waals surface area contributed by atoms with Gasteiger partial charge in [-0.3, -0.25) is 9.78 Å². The normalized spacial score (nSPS) is 14.6. The summed E-state index contributed by atoms with van der Waals surface area (Å²) in [6, 6.07) is 18.2. The molecule has 1 aliphatic rings. The number of pyridine rings is 1. The Morgan fingerprint density at radius 1 is 1.00 bits per heavy atom. The van der Waals surface area contributed by atoms with Gasteiger partial charge in [-0.1, -0.05) is 12.1 Å². The first-order valence-corrected chi connectivity index (χ1v) is 11.3. The molecular formula is C27H28N4O2. The predicted octanol–water partition coefficient (Wildman–Crippen LogP) is 4.97. The van der Waals surface area contributed by atoms with Gasteiger partial charge in [0.15, 0.2) is 0 Å². The number of aryl methyl sites for hydroxylation is 2. The molecule has 1 amide bonds. The summed E-state index contributed by atoms with van der Waals surface area (Å²) in [5, 5.41) is 0. The minimum atomic E-state index is 0.0807. The quantitative estimate of drug-likeness (QED) is 0.449. The summed E-state index contributed by atoms with van der Waals surface area (Å²) in [6.45, 7) is 3.51. The number of ether oxygens (including phenoxy) is 1. The van der Waals surface area contributed by atoms with E-state index in [9.17, 15) is 4.79 Å². The lowest BCUT2D eigenvalue weighted by Gasteiger charge is -2.32. The Labute approximate surface area is 193 Å². The summed E-state index contributed by atoms with van der Waals surface area (Å²) in [7, 11) is 3.64. The molecule has 0 aliphatic carbocycles. The van der Waals surface area contributed by atoms with Crippen molar-refractivity contribution >= 4 is 16.9 Å². The minimum absolute atomic E-state index is 0.0807. The van der Waals surface area contributed by atoms with Crippen LogP contribution in [0.15, 0.2) is 60.9 Å². The molecular weight excluding hydrogens is 412 g/mol. The van der Waals surface area contributed by atoms with Crippen molar-refractivity contribution in [2.75, 3.05) is 20.2 Å². The minimum Gasteiger partial charge on any atom is -0.497 e. The van der Waals surface area contributed by atoms with Crippen LogP contribution in [0.25, 0.3) is 22.2 Å². The molecule has 168 valence electrons. The molecule has 0 radical (unpaired) electrons. The molecule has 0 bridgehead atoms. The lowest BCUT2D eigenvalue weighted by atomic mass is 9.91. The fourth-order valence-corrected chi connectivity index (χ4v) is 4.68. The van der Waals surface area contributed by atoms with Gasteiger partial charge in [0.05, 0.1) is 24.5 Å². The van der Waals surface area contributed by atoms with Crippen LogP contribution in [0, 0.1) is 6.92 Å². The Balaban J connectivity index is 1.30. The first-order valence-electron chi connectivity index (χ1n) is 11.3. The van der Waals surface area contributed by atoms with Crippen LogP contribution in [0.1, 0.15) is 40.5 Å². The summed E-state index contributed by atoms with van der Waals surface area (Å²) in [5.74, 6) is 1.28. The van der Waals surface area contributed by atoms with E-state index in [1.165, 1.54) is 5.56 Å². The van der Waals surface area contributed by atoms with Crippen molar-refractivity contribution in [3.63, 3.8) is 0 Å². The first kappa shape index (κ1) is 21.2. The average molecular weight is 441 g/mol. The van der Waals surface area contributed by atoms with E-state index in [0.29, 0.717) is 11.5 Å². The summed E-state index contributed by atoms with van der Waals surface area (Å²) in [5.41, 5.74) is 7.04. The predicted molar refractivity (Wildman–Crippen MR) is 130 cm³/mol. The lowest BCUT2D eigenvalue weighted by molar-refractivity contribution is 0.0712. The van der Waals surface area contributed by atoms with E-state index in [1.54, 1.807) is 13.4 Å². The average Bonchev–Trinajstić information content (AvgIpc) is 3.23. The molecule has 0 unspecified atom stereocenters. The van der Waals surface area contributed by atoms with E-state index in [0.717, 1.165) is 59.7 Å². The van der Waals surface area contributed by atoms with Crippen LogP contribution in [0.3, 0.4) is 0 Å². The molecule has 1 fully saturated rings. The molecule has 0 atom stereocenters. The number of aromatic nitrogens is 3. The van der Waals surface area contributed by atoms with Crippen LogP contribution in [-0.4, -0.2) is 45.5 Å². The summed E-state index contributed by atoms with van der Waals surface area (Å²) < 4.78 is 7.24. The van der Waals surface area contributed by atoms with Gasteiger partial charge >= 0.3 is 0 Å². The number of methoxy groups -OCH3 is 1. The highest BCUT2D eigenvalue weighted by Crippen LogP contribution is 2.31. The maximum absolute atomic E-state index is 13.1. The molecule has 6 heteroatoms. The number of carbonyl (C=O) groups excluding carboxylic acids is 1. The number of amides is 1. The zero-order valence-electron chi connectivity index (χ0n) is 19.3. The second kappa shape index (κ2) is 8.70. The zero-order valence-corrected chi connectivity index (χ0v) is 19.3. The second-order valence-corrected chi connectivity index (χ2v) is 8.78. The van der Waals surface area contributed by atoms with Crippen LogP contribution in [-0.2, 0) is 7.05 Å². The summed E-state index contributed by atoms with van der Waals surface area (Å²) in [6.07, 6.45) is 3.60. The molecule has 33 heavy (non-hydrogen) atoms. The Morgan fingerprint density at radius 2 is 1.76 bits per heavy atom. The number of fused-ring (bicyclic) bond motifs is 1. The third-order valence-electron chi connectivity index (χ3n) is 6.57. The van der Waals surface area contributed by atoms with Crippen molar-refractivity contribution < 1.29 is 9.53 Å². The topological polar surface area (TPSA) is 60.2 Å². The Kier molecular flexibility index (Phi) is 5.58. The smallest absolute Gasteiger partial charge is 0.253 e. The zero-order chi connectivity index (χ0) is 22.9. The molecule has 1 saturated heterocycles. The van der Waals surface area contributed by atoms with E-state index >= 15 is 0 Å². The van der Waals surface area contributed by atoms with Gasteiger partial charge in [-0.25, -0.2) is 4.98 Å². The number of rotatable bonds is 4. The number of hydrogen-bond donors (Lipinski definition) is 0. The molecule has 2 aromatic carbocycles. The molecule has 0 saturated carbocycles. The highest BCUT2D eigenvalue weighted by atomic mass is 16.5. The fourth-order valence-electron chi connectivity index (χ4n) is 4.68. The summed E-state index contributed by atoms with van der Waals surface area (Å²) >= 11 is 0. The number of carbonyl (C=O) groups is 1. The van der Waals surface area contributed by atoms with Crippen molar-refractivity contribution in [3.8, 4) is 16.9 Å². The van der Waals surface area contributed by atoms with E-state index in [-0.39, 0.29) is 5.91 Å². The maximum atomic E-state index is 13.1. The molecule has 5 rings (SSSR count). The van der Waals surface area contributed by atoms with Crippen LogP contribution >= 0.6 is 0 Å². The number of hydrogen-bond acceptors (Lipinski definition) is 4. The van der Waals surface area contributed by atoms with Crippen LogP contribution in [0.2, 0.25) is 0 Å². The summed E-state index contributed by atoms with van der Waals surface area (Å²) in [4.78, 5) is 24.3. The van der Waals surface area contributed by atoms with Crippen LogP contribution in [0.5, 0.6) is 5.75 Å². The first-order chi connectivity index (χ1) is 16.0. The van der Waals surface area contributed by atoms with Gasteiger partial charge in [0.25, 0.3) is 5.91 Å². The molecule has 0 N–H and O–H groups in total. The van der Waals surface area contributed by atoms with Crippen LogP contribution < -0.4 is 4.74 Å². The fraction of sp³-hybridized carbons (Fsp3) is 0.296. The van der Waals surface area contributed by atoms with E-state index < -0.39 is 0 Å². The van der Waals surface area contributed by atoms with E-state index in [4.69, 9.17) is 9.72 Å². The van der Waals surface area contributed by atoms with E-state index in [1.807, 2.05) is 53.8 Å².